The van der Waals surface area contributed by atoms with Crippen LogP contribution >= 0.6 is 0 Å². The van der Waals surface area contributed by atoms with Crippen LogP contribution in [-0.2, 0) is 13.1 Å². The lowest BCUT2D eigenvalue weighted by molar-refractivity contribution is 0.411. The first kappa shape index (κ1) is 19.5. The van der Waals surface area contributed by atoms with Gasteiger partial charge in [0.2, 0.25) is 5.89 Å². The number of aliphatic imine (C=N–C) groups is 1. The molecule has 0 aliphatic carbocycles. The summed E-state index contributed by atoms with van der Waals surface area (Å²) in [5.41, 5.74) is 4.02. The first-order valence-electron chi connectivity index (χ1n) is 9.35. The minimum Gasteiger partial charge on any atom is -0.496 e. The summed E-state index contributed by atoms with van der Waals surface area (Å²) in [6.07, 6.45) is 1.67. The first-order valence-corrected chi connectivity index (χ1v) is 9.35. The van der Waals surface area contributed by atoms with E-state index < -0.39 is 0 Å². The van der Waals surface area contributed by atoms with Crippen molar-refractivity contribution in [3.8, 4) is 17.2 Å². The molecule has 3 rings (SSSR count). The van der Waals surface area contributed by atoms with E-state index in [1.807, 2.05) is 56.3 Å². The molecule has 0 radical (unpaired) electrons. The number of hydrogen-bond acceptors (Lipinski definition) is 4. The van der Waals surface area contributed by atoms with Gasteiger partial charge in [-0.1, -0.05) is 30.3 Å². The summed E-state index contributed by atoms with van der Waals surface area (Å²) in [5, 5.41) is 6.56. The highest BCUT2D eigenvalue weighted by atomic mass is 16.5. The molecule has 2 N–H and O–H groups in total. The standard InChI is InChI=1S/C22H26N4O2/c1-4-23-22(24-13-17-10-11-20(27-3)16(2)12-17)25-14-19-15-28-21(26-19)18-8-6-5-7-9-18/h5-12,15H,4,13-14H2,1-3H3,(H2,23,24,25). The minimum atomic E-state index is 0.532. The molecule has 0 atom stereocenters. The normalized spacial score (nSPS) is 11.3. The maximum atomic E-state index is 5.58. The van der Waals surface area contributed by atoms with Crippen LogP contribution in [0.4, 0.5) is 0 Å². The predicted octanol–water partition coefficient (Wildman–Crippen LogP) is 3.91. The lowest BCUT2D eigenvalue weighted by atomic mass is 10.1. The third-order valence-corrected chi connectivity index (χ3v) is 4.23. The molecule has 28 heavy (non-hydrogen) atoms. The van der Waals surface area contributed by atoms with Gasteiger partial charge in [0.15, 0.2) is 5.96 Å². The van der Waals surface area contributed by atoms with E-state index in [4.69, 9.17) is 9.15 Å². The molecule has 3 aromatic rings. The number of rotatable bonds is 7. The van der Waals surface area contributed by atoms with E-state index in [1.54, 1.807) is 13.4 Å². The van der Waals surface area contributed by atoms with Crippen LogP contribution in [0.15, 0.2) is 64.2 Å². The molecule has 0 saturated heterocycles. The van der Waals surface area contributed by atoms with Crippen molar-refractivity contribution in [3.05, 3.63) is 71.6 Å². The number of benzene rings is 2. The average molecular weight is 378 g/mol. The Morgan fingerprint density at radius 1 is 1.14 bits per heavy atom. The predicted molar refractivity (Wildman–Crippen MR) is 111 cm³/mol. The molecule has 0 amide bonds. The zero-order chi connectivity index (χ0) is 19.8. The molecular weight excluding hydrogens is 352 g/mol. The second-order valence-electron chi connectivity index (χ2n) is 6.36. The SMILES string of the molecule is CCNC(=NCc1ccc(OC)c(C)c1)NCc1coc(-c2ccccc2)n1. The van der Waals surface area contributed by atoms with E-state index in [0.29, 0.717) is 19.0 Å². The van der Waals surface area contributed by atoms with Crippen LogP contribution in [0, 0.1) is 6.92 Å². The van der Waals surface area contributed by atoms with Crippen molar-refractivity contribution in [3.63, 3.8) is 0 Å². The highest BCUT2D eigenvalue weighted by molar-refractivity contribution is 5.79. The number of ether oxygens (including phenoxy) is 1. The van der Waals surface area contributed by atoms with E-state index in [9.17, 15) is 0 Å². The third kappa shape index (κ3) is 5.13. The topological polar surface area (TPSA) is 71.7 Å². The van der Waals surface area contributed by atoms with Gasteiger partial charge in [-0.25, -0.2) is 9.98 Å². The maximum absolute atomic E-state index is 5.58. The van der Waals surface area contributed by atoms with Gasteiger partial charge in [-0.05, 0) is 43.2 Å². The molecule has 0 bridgehead atoms. The fraction of sp³-hybridized carbons (Fsp3) is 0.273. The van der Waals surface area contributed by atoms with Crippen molar-refractivity contribution >= 4 is 5.96 Å². The van der Waals surface area contributed by atoms with Gasteiger partial charge in [-0.2, -0.15) is 0 Å². The number of hydrogen-bond donors (Lipinski definition) is 2. The van der Waals surface area contributed by atoms with Gasteiger partial charge in [0.25, 0.3) is 0 Å². The smallest absolute Gasteiger partial charge is 0.226 e. The van der Waals surface area contributed by atoms with Gasteiger partial charge in [-0.15, -0.1) is 0 Å². The van der Waals surface area contributed by atoms with Crippen molar-refractivity contribution in [1.82, 2.24) is 15.6 Å². The summed E-state index contributed by atoms with van der Waals surface area (Å²) in [5.74, 6) is 2.24. The Hall–Kier alpha value is -3.28. The summed E-state index contributed by atoms with van der Waals surface area (Å²) >= 11 is 0. The molecular formula is C22H26N4O2. The van der Waals surface area contributed by atoms with Gasteiger partial charge < -0.3 is 19.8 Å². The second kappa shape index (κ2) is 9.60. The van der Waals surface area contributed by atoms with E-state index in [-0.39, 0.29) is 0 Å². The van der Waals surface area contributed by atoms with Crippen molar-refractivity contribution in [2.75, 3.05) is 13.7 Å². The Kier molecular flexibility index (Phi) is 6.68. The number of aryl methyl sites for hydroxylation is 1. The fourth-order valence-corrected chi connectivity index (χ4v) is 2.83. The van der Waals surface area contributed by atoms with Gasteiger partial charge >= 0.3 is 0 Å². The Labute approximate surface area is 165 Å². The lowest BCUT2D eigenvalue weighted by Gasteiger charge is -2.10. The summed E-state index contributed by atoms with van der Waals surface area (Å²) < 4.78 is 10.9. The lowest BCUT2D eigenvalue weighted by Crippen LogP contribution is -2.36. The first-order chi connectivity index (χ1) is 13.7. The summed E-state index contributed by atoms with van der Waals surface area (Å²) in [6, 6.07) is 16.0. The van der Waals surface area contributed by atoms with Crippen molar-refractivity contribution in [2.24, 2.45) is 4.99 Å². The molecule has 0 aliphatic rings. The molecule has 0 aliphatic heterocycles. The maximum Gasteiger partial charge on any atom is 0.226 e. The Bertz CT molecular complexity index is 919. The van der Waals surface area contributed by atoms with E-state index >= 15 is 0 Å². The highest BCUT2D eigenvalue weighted by Crippen LogP contribution is 2.19. The number of aromatic nitrogens is 1. The number of nitrogens with one attached hydrogen (secondary N) is 2. The average Bonchev–Trinajstić information content (AvgIpc) is 3.20. The van der Waals surface area contributed by atoms with Crippen molar-refractivity contribution < 1.29 is 9.15 Å². The molecule has 0 fully saturated rings. The van der Waals surface area contributed by atoms with Crippen LogP contribution in [0.2, 0.25) is 0 Å². The monoisotopic (exact) mass is 378 g/mol. The second-order valence-corrected chi connectivity index (χ2v) is 6.36. The van der Waals surface area contributed by atoms with Gasteiger partial charge in [0, 0.05) is 12.1 Å². The number of guanidine groups is 1. The molecule has 146 valence electrons. The van der Waals surface area contributed by atoms with Crippen molar-refractivity contribution in [2.45, 2.75) is 26.9 Å². The van der Waals surface area contributed by atoms with Crippen LogP contribution in [0.1, 0.15) is 23.7 Å². The molecule has 0 saturated carbocycles. The zero-order valence-electron chi connectivity index (χ0n) is 16.5. The molecule has 1 heterocycles. The highest BCUT2D eigenvalue weighted by Gasteiger charge is 2.07. The van der Waals surface area contributed by atoms with Gasteiger partial charge in [-0.3, -0.25) is 0 Å². The van der Waals surface area contributed by atoms with E-state index in [0.717, 1.165) is 40.6 Å². The van der Waals surface area contributed by atoms with E-state index in [1.165, 1.54) is 0 Å². The molecule has 0 unspecified atom stereocenters. The fourth-order valence-electron chi connectivity index (χ4n) is 2.83. The van der Waals surface area contributed by atoms with Gasteiger partial charge in [0.05, 0.1) is 25.9 Å². The zero-order valence-corrected chi connectivity index (χ0v) is 16.5. The third-order valence-electron chi connectivity index (χ3n) is 4.23. The molecule has 2 aromatic carbocycles. The Morgan fingerprint density at radius 2 is 1.96 bits per heavy atom. The van der Waals surface area contributed by atoms with E-state index in [2.05, 4.69) is 26.7 Å². The largest absolute Gasteiger partial charge is 0.496 e. The van der Waals surface area contributed by atoms with Crippen LogP contribution in [0.25, 0.3) is 11.5 Å². The van der Waals surface area contributed by atoms with Gasteiger partial charge in [0.1, 0.15) is 12.0 Å². The number of oxazole rings is 1. The molecule has 1 aromatic heterocycles. The molecule has 6 nitrogen and oxygen atoms in total. The molecule has 6 heteroatoms. The molecule has 0 spiro atoms. The van der Waals surface area contributed by atoms with Crippen LogP contribution in [0.5, 0.6) is 5.75 Å². The minimum absolute atomic E-state index is 0.532. The Balaban J connectivity index is 1.62. The van der Waals surface area contributed by atoms with Crippen LogP contribution < -0.4 is 15.4 Å². The quantitative estimate of drug-likeness (QED) is 0.482. The van der Waals surface area contributed by atoms with Crippen LogP contribution in [0.3, 0.4) is 0 Å². The summed E-state index contributed by atoms with van der Waals surface area (Å²) in [6.45, 7) is 5.96. The number of nitrogens with zero attached hydrogens (tertiary/aromatic N) is 2. The number of methoxy groups -OCH3 is 1. The summed E-state index contributed by atoms with van der Waals surface area (Å²) in [4.78, 5) is 9.19. The van der Waals surface area contributed by atoms with Crippen molar-refractivity contribution in [1.29, 1.82) is 0 Å². The van der Waals surface area contributed by atoms with Crippen LogP contribution in [-0.4, -0.2) is 24.6 Å². The summed E-state index contributed by atoms with van der Waals surface area (Å²) in [7, 11) is 1.68. The Morgan fingerprint density at radius 3 is 2.68 bits per heavy atom.